The number of benzene rings is 2. The highest BCUT2D eigenvalue weighted by Crippen LogP contribution is 2.16. The second-order valence-electron chi connectivity index (χ2n) is 7.81. The minimum absolute atomic E-state index is 0.0786. The van der Waals surface area contributed by atoms with Gasteiger partial charge in [0.05, 0.1) is 5.69 Å². The first-order valence-electron chi connectivity index (χ1n) is 10.4. The van der Waals surface area contributed by atoms with E-state index in [9.17, 15) is 4.79 Å². The fourth-order valence-electron chi connectivity index (χ4n) is 3.75. The minimum Gasteiger partial charge on any atom is -0.484 e. The van der Waals surface area contributed by atoms with Crippen LogP contribution in [-0.4, -0.2) is 52.2 Å². The lowest BCUT2D eigenvalue weighted by Crippen LogP contribution is -2.32. The van der Waals surface area contributed by atoms with Crippen LogP contribution in [0.4, 0.5) is 0 Å². The van der Waals surface area contributed by atoms with Crippen molar-refractivity contribution in [2.24, 2.45) is 0 Å². The Morgan fingerprint density at radius 3 is 2.23 bits per heavy atom. The van der Waals surface area contributed by atoms with E-state index in [-0.39, 0.29) is 12.5 Å². The Morgan fingerprint density at radius 2 is 1.63 bits per heavy atom. The first-order valence-corrected chi connectivity index (χ1v) is 10.4. The van der Waals surface area contributed by atoms with Gasteiger partial charge >= 0.3 is 0 Å². The molecule has 0 spiro atoms. The van der Waals surface area contributed by atoms with Crippen LogP contribution in [0.5, 0.6) is 5.75 Å². The van der Waals surface area contributed by atoms with Crippen molar-refractivity contribution in [1.29, 1.82) is 0 Å². The molecule has 4 rings (SSSR count). The topological polar surface area (TPSA) is 50.6 Å². The van der Waals surface area contributed by atoms with Crippen LogP contribution < -0.4 is 4.74 Å². The van der Waals surface area contributed by atoms with Gasteiger partial charge in [-0.2, -0.15) is 5.10 Å². The molecule has 1 aliphatic heterocycles. The summed E-state index contributed by atoms with van der Waals surface area (Å²) in [6, 6.07) is 18.4. The van der Waals surface area contributed by atoms with E-state index < -0.39 is 0 Å². The van der Waals surface area contributed by atoms with Crippen molar-refractivity contribution in [3.63, 3.8) is 0 Å². The van der Waals surface area contributed by atoms with Crippen molar-refractivity contribution in [1.82, 2.24) is 19.6 Å². The Kier molecular flexibility index (Phi) is 6.44. The summed E-state index contributed by atoms with van der Waals surface area (Å²) < 4.78 is 7.52. The van der Waals surface area contributed by atoms with Gasteiger partial charge in [0.15, 0.2) is 6.61 Å². The molecular weight excluding hydrogens is 376 g/mol. The van der Waals surface area contributed by atoms with E-state index in [2.05, 4.69) is 53.4 Å². The van der Waals surface area contributed by atoms with E-state index in [0.29, 0.717) is 0 Å². The van der Waals surface area contributed by atoms with E-state index in [0.717, 1.165) is 50.5 Å². The molecule has 1 aliphatic rings. The van der Waals surface area contributed by atoms with Gasteiger partial charge in [0.2, 0.25) is 0 Å². The maximum atomic E-state index is 12.1. The summed E-state index contributed by atoms with van der Waals surface area (Å²) in [5, 5.41) is 4.26. The fraction of sp³-hybridized carbons (Fsp3) is 0.333. The van der Waals surface area contributed by atoms with Crippen molar-refractivity contribution in [2.45, 2.75) is 25.9 Å². The highest BCUT2D eigenvalue weighted by molar-refractivity contribution is 5.78. The molecule has 0 saturated carbocycles. The molecule has 0 unspecified atom stereocenters. The van der Waals surface area contributed by atoms with Gasteiger partial charge in [-0.1, -0.05) is 24.3 Å². The van der Waals surface area contributed by atoms with E-state index in [1.54, 1.807) is 6.20 Å². The van der Waals surface area contributed by atoms with Crippen LogP contribution in [0.15, 0.2) is 67.0 Å². The van der Waals surface area contributed by atoms with Crippen molar-refractivity contribution < 1.29 is 9.53 Å². The molecule has 6 heteroatoms. The van der Waals surface area contributed by atoms with Crippen LogP contribution in [0.1, 0.15) is 24.0 Å². The van der Waals surface area contributed by atoms with Gasteiger partial charge in [0.25, 0.3) is 5.91 Å². The third-order valence-corrected chi connectivity index (χ3v) is 5.35. The highest BCUT2D eigenvalue weighted by Gasteiger charge is 2.18. The normalized spacial score (nSPS) is 13.7. The van der Waals surface area contributed by atoms with Gasteiger partial charge in [-0.3, -0.25) is 9.69 Å². The molecule has 1 amide bonds. The summed E-state index contributed by atoms with van der Waals surface area (Å²) in [7, 11) is 2.11. The average Bonchev–Trinajstić information content (AvgIpc) is 3.48. The number of rotatable bonds is 8. The van der Waals surface area contributed by atoms with E-state index in [1.165, 1.54) is 11.1 Å². The summed E-state index contributed by atoms with van der Waals surface area (Å²) in [6.45, 7) is 3.54. The summed E-state index contributed by atoms with van der Waals surface area (Å²) in [5.41, 5.74) is 3.53. The molecule has 1 aromatic heterocycles. The lowest BCUT2D eigenvalue weighted by Gasteiger charge is -2.18. The number of carbonyl (C=O) groups is 1. The van der Waals surface area contributed by atoms with Crippen LogP contribution >= 0.6 is 0 Å². The van der Waals surface area contributed by atoms with Crippen molar-refractivity contribution in [2.75, 3.05) is 26.7 Å². The number of likely N-dealkylation sites (tertiary alicyclic amines) is 1. The molecule has 0 N–H and O–H groups in total. The van der Waals surface area contributed by atoms with Crippen molar-refractivity contribution >= 4 is 5.91 Å². The van der Waals surface area contributed by atoms with Gasteiger partial charge in [-0.05, 0) is 61.3 Å². The zero-order chi connectivity index (χ0) is 20.8. The van der Waals surface area contributed by atoms with Gasteiger partial charge < -0.3 is 9.64 Å². The maximum absolute atomic E-state index is 12.1. The van der Waals surface area contributed by atoms with E-state index in [1.807, 2.05) is 34.0 Å². The van der Waals surface area contributed by atoms with Gasteiger partial charge in [0.1, 0.15) is 5.75 Å². The molecule has 2 aromatic carbocycles. The summed E-state index contributed by atoms with van der Waals surface area (Å²) in [6.07, 6.45) is 5.92. The number of nitrogens with zero attached hydrogens (tertiary/aromatic N) is 4. The zero-order valence-corrected chi connectivity index (χ0v) is 17.4. The molecular formula is C24H28N4O2. The second kappa shape index (κ2) is 9.59. The predicted molar refractivity (Wildman–Crippen MR) is 116 cm³/mol. The molecule has 156 valence electrons. The Morgan fingerprint density at radius 1 is 1.00 bits per heavy atom. The van der Waals surface area contributed by atoms with Crippen LogP contribution in [0, 0.1) is 0 Å². The molecule has 2 heterocycles. The quantitative estimate of drug-likeness (QED) is 0.577. The number of amides is 1. The third kappa shape index (κ3) is 5.27. The predicted octanol–water partition coefficient (Wildman–Crippen LogP) is 3.51. The second-order valence-corrected chi connectivity index (χ2v) is 7.81. The van der Waals surface area contributed by atoms with Gasteiger partial charge in [-0.15, -0.1) is 0 Å². The van der Waals surface area contributed by atoms with Crippen LogP contribution in [0.3, 0.4) is 0 Å². The number of aromatic nitrogens is 2. The molecule has 0 atom stereocenters. The smallest absolute Gasteiger partial charge is 0.260 e. The molecule has 0 bridgehead atoms. The molecule has 6 nitrogen and oxygen atoms in total. The number of ether oxygens (including phenoxy) is 1. The molecule has 0 aliphatic carbocycles. The standard InChI is InChI=1S/C24H28N4O2/c1-26(17-20-5-9-22(10-6-20)28-16-4-13-25-28)18-21-7-11-23(12-8-21)30-19-24(29)27-14-2-3-15-27/h4-13,16H,2-3,14-15,17-19H2,1H3. The lowest BCUT2D eigenvalue weighted by atomic mass is 10.1. The van der Waals surface area contributed by atoms with Gasteiger partial charge in [-0.25, -0.2) is 4.68 Å². The SMILES string of the molecule is CN(Cc1ccc(OCC(=O)N2CCCC2)cc1)Cc1ccc(-n2cccn2)cc1. The van der Waals surface area contributed by atoms with Crippen molar-refractivity contribution in [3.05, 3.63) is 78.1 Å². The minimum atomic E-state index is 0.0786. The Hall–Kier alpha value is -3.12. The zero-order valence-electron chi connectivity index (χ0n) is 17.4. The maximum Gasteiger partial charge on any atom is 0.260 e. The van der Waals surface area contributed by atoms with Crippen molar-refractivity contribution in [3.8, 4) is 11.4 Å². The first-order chi connectivity index (χ1) is 14.7. The number of hydrogen-bond acceptors (Lipinski definition) is 4. The number of carbonyl (C=O) groups excluding carboxylic acids is 1. The average molecular weight is 405 g/mol. The first kappa shape index (κ1) is 20.2. The highest BCUT2D eigenvalue weighted by atomic mass is 16.5. The van der Waals surface area contributed by atoms with Crippen LogP contribution in [0.25, 0.3) is 5.69 Å². The summed E-state index contributed by atoms with van der Waals surface area (Å²) >= 11 is 0. The summed E-state index contributed by atoms with van der Waals surface area (Å²) in [4.78, 5) is 16.2. The fourth-order valence-corrected chi connectivity index (χ4v) is 3.75. The molecule has 30 heavy (non-hydrogen) atoms. The van der Waals surface area contributed by atoms with Crippen LogP contribution in [-0.2, 0) is 17.9 Å². The Bertz CT molecular complexity index is 930. The lowest BCUT2D eigenvalue weighted by molar-refractivity contribution is -0.132. The number of hydrogen-bond donors (Lipinski definition) is 0. The third-order valence-electron chi connectivity index (χ3n) is 5.35. The molecule has 3 aromatic rings. The monoisotopic (exact) mass is 404 g/mol. The Balaban J connectivity index is 1.25. The van der Waals surface area contributed by atoms with Gasteiger partial charge in [0, 0.05) is 38.6 Å². The Labute approximate surface area is 177 Å². The van der Waals surface area contributed by atoms with E-state index in [4.69, 9.17) is 4.74 Å². The van der Waals surface area contributed by atoms with Crippen LogP contribution in [0.2, 0.25) is 0 Å². The van der Waals surface area contributed by atoms with E-state index >= 15 is 0 Å². The molecule has 1 saturated heterocycles. The largest absolute Gasteiger partial charge is 0.484 e. The molecule has 0 radical (unpaired) electrons. The molecule has 1 fully saturated rings. The summed E-state index contributed by atoms with van der Waals surface area (Å²) in [5.74, 6) is 0.818.